The predicted octanol–water partition coefficient (Wildman–Crippen LogP) is 2.16. The van der Waals surface area contributed by atoms with Crippen LogP contribution in [0.1, 0.15) is 33.3 Å². The van der Waals surface area contributed by atoms with Gasteiger partial charge in [0.05, 0.1) is 0 Å². The van der Waals surface area contributed by atoms with Crippen molar-refractivity contribution in [1.29, 1.82) is 0 Å². The third kappa shape index (κ3) is 9.27. The van der Waals surface area contributed by atoms with Crippen LogP contribution < -0.4 is 15.4 Å². The Morgan fingerprint density at radius 2 is 1.77 bits per heavy atom. The number of carbonyl (C=O) groups is 2. The van der Waals surface area contributed by atoms with E-state index in [1.165, 1.54) is 0 Å². The largest absolute Gasteiger partial charge is 0.492 e. The van der Waals surface area contributed by atoms with Gasteiger partial charge in [0.2, 0.25) is 5.91 Å². The Morgan fingerprint density at radius 3 is 2.31 bits per heavy atom. The van der Waals surface area contributed by atoms with Gasteiger partial charge in [-0.15, -0.1) is 0 Å². The average molecular weight is 365 g/mol. The molecular formula is C19H31N3O4. The van der Waals surface area contributed by atoms with Crippen LogP contribution in [0.3, 0.4) is 0 Å². The molecule has 0 saturated heterocycles. The number of nitrogens with one attached hydrogen (secondary N) is 2. The predicted molar refractivity (Wildman–Crippen MR) is 101 cm³/mol. The molecule has 1 unspecified atom stereocenters. The van der Waals surface area contributed by atoms with Crippen LogP contribution >= 0.6 is 0 Å². The summed E-state index contributed by atoms with van der Waals surface area (Å²) in [7, 11) is 3.99. The Hall–Kier alpha value is -2.28. The molecule has 1 aromatic carbocycles. The fraction of sp³-hybridized carbons (Fsp3) is 0.579. The molecule has 0 spiro atoms. The van der Waals surface area contributed by atoms with Crippen molar-refractivity contribution in [2.45, 2.75) is 45.9 Å². The van der Waals surface area contributed by atoms with E-state index < -0.39 is 17.7 Å². The lowest BCUT2D eigenvalue weighted by Crippen LogP contribution is -2.46. The Morgan fingerprint density at radius 1 is 1.15 bits per heavy atom. The lowest BCUT2D eigenvalue weighted by Gasteiger charge is -2.21. The molecule has 0 radical (unpaired) electrons. The first-order valence-electron chi connectivity index (χ1n) is 8.70. The van der Waals surface area contributed by atoms with Crippen LogP contribution in [0.2, 0.25) is 0 Å². The summed E-state index contributed by atoms with van der Waals surface area (Å²) in [4.78, 5) is 25.8. The summed E-state index contributed by atoms with van der Waals surface area (Å²) < 4.78 is 10.8. The van der Waals surface area contributed by atoms with Gasteiger partial charge in [0.15, 0.2) is 0 Å². The zero-order valence-electron chi connectivity index (χ0n) is 16.6. The van der Waals surface area contributed by atoms with Gasteiger partial charge in [0.1, 0.15) is 24.0 Å². The molecule has 26 heavy (non-hydrogen) atoms. The summed E-state index contributed by atoms with van der Waals surface area (Å²) in [5.41, 5.74) is 0.346. The Bertz CT molecular complexity index is 579. The molecule has 2 N–H and O–H groups in total. The number of alkyl carbamates (subject to hydrolysis) is 1. The molecule has 1 aromatic rings. The second-order valence-electron chi connectivity index (χ2n) is 7.38. The van der Waals surface area contributed by atoms with Gasteiger partial charge in [-0.25, -0.2) is 4.79 Å². The molecule has 146 valence electrons. The molecule has 0 aliphatic carbocycles. The van der Waals surface area contributed by atoms with E-state index in [0.717, 1.165) is 17.9 Å². The Kier molecular flexibility index (Phi) is 8.38. The van der Waals surface area contributed by atoms with Crippen LogP contribution in [0, 0.1) is 0 Å². The molecule has 1 rings (SSSR count). The summed E-state index contributed by atoms with van der Waals surface area (Å²) in [6, 6.07) is 6.87. The van der Waals surface area contributed by atoms with Gasteiger partial charge < -0.3 is 25.0 Å². The third-order valence-electron chi connectivity index (χ3n) is 3.32. The highest BCUT2D eigenvalue weighted by molar-refractivity contribution is 5.85. The Labute approximate surface area is 156 Å². The van der Waals surface area contributed by atoms with E-state index in [0.29, 0.717) is 13.2 Å². The fourth-order valence-electron chi connectivity index (χ4n) is 1.94. The highest BCUT2D eigenvalue weighted by atomic mass is 16.6. The second-order valence-corrected chi connectivity index (χ2v) is 7.38. The smallest absolute Gasteiger partial charge is 0.408 e. The number of nitrogens with zero attached hydrogens (tertiary/aromatic N) is 1. The third-order valence-corrected chi connectivity index (χ3v) is 3.32. The SMILES string of the molecule is CC(NC(=O)OC(C)(C)C)C(=O)NCc1ccc(OCCN(C)C)cc1. The van der Waals surface area contributed by atoms with Crippen molar-refractivity contribution in [3.63, 3.8) is 0 Å². The van der Waals surface area contributed by atoms with Crippen LogP contribution in [0.5, 0.6) is 5.75 Å². The minimum Gasteiger partial charge on any atom is -0.492 e. The van der Waals surface area contributed by atoms with Crippen molar-refractivity contribution >= 4 is 12.0 Å². The molecule has 0 aliphatic rings. The number of hydrogen-bond acceptors (Lipinski definition) is 5. The molecule has 7 heteroatoms. The number of likely N-dealkylation sites (N-methyl/N-ethyl adjacent to an activating group) is 1. The van der Waals surface area contributed by atoms with Gasteiger partial charge in [0, 0.05) is 13.1 Å². The zero-order valence-corrected chi connectivity index (χ0v) is 16.6. The molecule has 0 fully saturated rings. The van der Waals surface area contributed by atoms with Crippen molar-refractivity contribution in [3.8, 4) is 5.75 Å². The molecule has 0 heterocycles. The highest BCUT2D eigenvalue weighted by Crippen LogP contribution is 2.12. The number of ether oxygens (including phenoxy) is 2. The van der Waals surface area contributed by atoms with Gasteiger partial charge in [-0.05, 0) is 59.5 Å². The molecule has 1 atom stereocenters. The lowest BCUT2D eigenvalue weighted by molar-refractivity contribution is -0.122. The summed E-state index contributed by atoms with van der Waals surface area (Å²) in [6.45, 7) is 8.76. The maximum Gasteiger partial charge on any atom is 0.408 e. The second kappa shape index (κ2) is 10.0. The normalized spacial score (nSPS) is 12.4. The topological polar surface area (TPSA) is 79.9 Å². The van der Waals surface area contributed by atoms with Crippen molar-refractivity contribution < 1.29 is 19.1 Å². The fourth-order valence-corrected chi connectivity index (χ4v) is 1.94. The highest BCUT2D eigenvalue weighted by Gasteiger charge is 2.20. The number of carbonyl (C=O) groups excluding carboxylic acids is 2. The minimum atomic E-state index is -0.682. The summed E-state index contributed by atoms with van der Waals surface area (Å²) in [6.07, 6.45) is -0.612. The molecule has 0 saturated carbocycles. The van der Waals surface area contributed by atoms with Gasteiger partial charge in [-0.1, -0.05) is 12.1 Å². The van der Waals surface area contributed by atoms with Crippen LogP contribution in [0.4, 0.5) is 4.79 Å². The van der Waals surface area contributed by atoms with Crippen molar-refractivity contribution in [2.75, 3.05) is 27.2 Å². The number of benzene rings is 1. The van der Waals surface area contributed by atoms with Crippen molar-refractivity contribution in [2.24, 2.45) is 0 Å². The van der Waals surface area contributed by atoms with Crippen LogP contribution in [0.15, 0.2) is 24.3 Å². The number of amides is 2. The monoisotopic (exact) mass is 365 g/mol. The molecule has 7 nitrogen and oxygen atoms in total. The zero-order chi connectivity index (χ0) is 19.7. The van der Waals surface area contributed by atoms with Crippen molar-refractivity contribution in [1.82, 2.24) is 15.5 Å². The van der Waals surface area contributed by atoms with Gasteiger partial charge in [-0.3, -0.25) is 4.79 Å². The van der Waals surface area contributed by atoms with Crippen LogP contribution in [0.25, 0.3) is 0 Å². The maximum absolute atomic E-state index is 12.1. The molecule has 0 aliphatic heterocycles. The summed E-state index contributed by atoms with van der Waals surface area (Å²) >= 11 is 0. The maximum atomic E-state index is 12.1. The Balaban J connectivity index is 2.38. The van der Waals surface area contributed by atoms with E-state index in [1.807, 2.05) is 38.4 Å². The van der Waals surface area contributed by atoms with E-state index >= 15 is 0 Å². The van der Waals surface area contributed by atoms with Crippen LogP contribution in [-0.4, -0.2) is 55.8 Å². The van der Waals surface area contributed by atoms with E-state index in [9.17, 15) is 9.59 Å². The minimum absolute atomic E-state index is 0.276. The first kappa shape index (κ1) is 21.8. The number of hydrogen-bond donors (Lipinski definition) is 2. The number of rotatable bonds is 8. The van der Waals surface area contributed by atoms with Gasteiger partial charge in [0.25, 0.3) is 0 Å². The first-order chi connectivity index (χ1) is 12.1. The van der Waals surface area contributed by atoms with E-state index in [4.69, 9.17) is 9.47 Å². The summed E-state index contributed by atoms with van der Waals surface area (Å²) in [5.74, 6) is 0.518. The summed E-state index contributed by atoms with van der Waals surface area (Å²) in [5, 5.41) is 5.30. The van der Waals surface area contributed by atoms with Gasteiger partial charge >= 0.3 is 6.09 Å². The molecular weight excluding hydrogens is 334 g/mol. The molecule has 0 bridgehead atoms. The van der Waals surface area contributed by atoms with Crippen molar-refractivity contribution in [3.05, 3.63) is 29.8 Å². The lowest BCUT2D eigenvalue weighted by atomic mass is 10.2. The van der Waals surface area contributed by atoms with Gasteiger partial charge in [-0.2, -0.15) is 0 Å². The van der Waals surface area contributed by atoms with E-state index in [1.54, 1.807) is 27.7 Å². The standard InChI is InChI=1S/C19H31N3O4/c1-14(21-18(24)26-19(2,3)4)17(23)20-13-15-7-9-16(10-8-15)25-12-11-22(5)6/h7-10,14H,11-13H2,1-6H3,(H,20,23)(H,21,24). The quantitative estimate of drug-likeness (QED) is 0.738. The van der Waals surface area contributed by atoms with E-state index in [-0.39, 0.29) is 5.91 Å². The van der Waals surface area contributed by atoms with Crippen LogP contribution in [-0.2, 0) is 16.1 Å². The molecule has 0 aromatic heterocycles. The van der Waals surface area contributed by atoms with E-state index in [2.05, 4.69) is 15.5 Å². The molecule has 2 amide bonds. The average Bonchev–Trinajstić information content (AvgIpc) is 2.51. The first-order valence-corrected chi connectivity index (χ1v) is 8.70.